The lowest BCUT2D eigenvalue weighted by Gasteiger charge is -2.37. The molecule has 0 saturated heterocycles. The molecule has 0 bridgehead atoms. The molecule has 1 aliphatic heterocycles. The molecule has 1 heterocycles. The fourth-order valence-electron chi connectivity index (χ4n) is 4.29. The number of carboxylic acids is 1. The second kappa shape index (κ2) is 7.98. The lowest BCUT2D eigenvalue weighted by atomic mass is 9.89. The average molecular weight is 361 g/mol. The lowest BCUT2D eigenvalue weighted by Crippen LogP contribution is -2.41. The number of ether oxygens (including phenoxy) is 2. The lowest BCUT2D eigenvalue weighted by molar-refractivity contribution is -0.141. The Labute approximate surface area is 154 Å². The third-order valence-corrected chi connectivity index (χ3v) is 5.63. The first-order chi connectivity index (χ1) is 12.5. The molecule has 1 amide bonds. The number of hydrogen-bond donors (Lipinski definition) is 1. The summed E-state index contributed by atoms with van der Waals surface area (Å²) < 4.78 is 10.7. The molecule has 6 nitrogen and oxygen atoms in total. The van der Waals surface area contributed by atoms with Crippen molar-refractivity contribution in [3.05, 3.63) is 23.3 Å². The van der Waals surface area contributed by atoms with Crippen LogP contribution >= 0.6 is 0 Å². The molecule has 142 valence electrons. The first-order valence-electron chi connectivity index (χ1n) is 9.29. The van der Waals surface area contributed by atoms with E-state index in [0.717, 1.165) is 24.0 Å². The van der Waals surface area contributed by atoms with Crippen LogP contribution in [-0.4, -0.2) is 42.6 Å². The third kappa shape index (κ3) is 3.79. The molecule has 0 radical (unpaired) electrons. The summed E-state index contributed by atoms with van der Waals surface area (Å²) in [4.78, 5) is 26.1. The Kier molecular flexibility index (Phi) is 5.69. The van der Waals surface area contributed by atoms with E-state index in [9.17, 15) is 14.7 Å². The largest absolute Gasteiger partial charge is 0.493 e. The predicted molar refractivity (Wildman–Crippen MR) is 96.5 cm³/mol. The number of carbonyl (C=O) groups is 2. The molecule has 1 saturated carbocycles. The van der Waals surface area contributed by atoms with E-state index < -0.39 is 12.0 Å². The molecule has 1 aromatic carbocycles. The smallest absolute Gasteiger partial charge is 0.305 e. The molecule has 1 N–H and O–H groups in total. The number of carbonyl (C=O) groups excluding carboxylic acids is 1. The first-order valence-corrected chi connectivity index (χ1v) is 9.29. The molecule has 0 aromatic heterocycles. The molecule has 26 heavy (non-hydrogen) atoms. The summed E-state index contributed by atoms with van der Waals surface area (Å²) in [7, 11) is 3.14. The minimum absolute atomic E-state index is 0.0728. The molecule has 1 aliphatic carbocycles. The van der Waals surface area contributed by atoms with Crippen LogP contribution in [0.4, 0.5) is 0 Å². The molecule has 2 aliphatic rings. The number of hydrogen-bond acceptors (Lipinski definition) is 4. The Bertz CT molecular complexity index is 681. The van der Waals surface area contributed by atoms with E-state index in [2.05, 4.69) is 0 Å². The number of rotatable bonds is 6. The van der Waals surface area contributed by atoms with Crippen LogP contribution in [-0.2, 0) is 16.0 Å². The van der Waals surface area contributed by atoms with Gasteiger partial charge in [-0.15, -0.1) is 0 Å². The van der Waals surface area contributed by atoms with Gasteiger partial charge in [0.2, 0.25) is 5.91 Å². The molecule has 0 unspecified atom stereocenters. The topological polar surface area (TPSA) is 76.1 Å². The van der Waals surface area contributed by atoms with Crippen molar-refractivity contribution >= 4 is 11.9 Å². The highest BCUT2D eigenvalue weighted by Crippen LogP contribution is 2.40. The number of amides is 1. The highest BCUT2D eigenvalue weighted by atomic mass is 16.5. The van der Waals surface area contributed by atoms with Crippen molar-refractivity contribution in [2.45, 2.75) is 51.0 Å². The number of methoxy groups -OCH3 is 2. The molecule has 1 aromatic rings. The van der Waals surface area contributed by atoms with Crippen LogP contribution in [0.25, 0.3) is 0 Å². The zero-order chi connectivity index (χ0) is 18.7. The number of carboxylic acid groups (broad SMARTS) is 1. The Balaban J connectivity index is 1.90. The van der Waals surface area contributed by atoms with Gasteiger partial charge < -0.3 is 19.5 Å². The molecule has 6 heteroatoms. The van der Waals surface area contributed by atoms with Crippen LogP contribution < -0.4 is 9.47 Å². The highest BCUT2D eigenvalue weighted by molar-refractivity contribution is 5.79. The first kappa shape index (κ1) is 18.5. The van der Waals surface area contributed by atoms with E-state index in [1.165, 1.54) is 12.8 Å². The second-order valence-electron chi connectivity index (χ2n) is 7.21. The van der Waals surface area contributed by atoms with Gasteiger partial charge in [0.15, 0.2) is 11.5 Å². The Morgan fingerprint density at radius 1 is 1.12 bits per heavy atom. The molecule has 1 atom stereocenters. The monoisotopic (exact) mass is 361 g/mol. The van der Waals surface area contributed by atoms with E-state index in [4.69, 9.17) is 9.47 Å². The number of benzene rings is 1. The van der Waals surface area contributed by atoms with Gasteiger partial charge in [0.1, 0.15) is 0 Å². The summed E-state index contributed by atoms with van der Waals surface area (Å²) >= 11 is 0. The highest BCUT2D eigenvalue weighted by Gasteiger charge is 2.34. The summed E-state index contributed by atoms with van der Waals surface area (Å²) in [6.45, 7) is 0.548. The maximum atomic E-state index is 12.9. The van der Waals surface area contributed by atoms with Crippen LogP contribution in [0, 0.1) is 5.92 Å². The van der Waals surface area contributed by atoms with Crippen molar-refractivity contribution in [3.8, 4) is 11.5 Å². The number of nitrogens with zero attached hydrogens (tertiary/aromatic N) is 1. The van der Waals surface area contributed by atoms with Crippen molar-refractivity contribution in [2.24, 2.45) is 5.92 Å². The Morgan fingerprint density at radius 3 is 2.38 bits per heavy atom. The van der Waals surface area contributed by atoms with Gasteiger partial charge >= 0.3 is 5.97 Å². The van der Waals surface area contributed by atoms with Crippen molar-refractivity contribution < 1.29 is 24.2 Å². The Hall–Kier alpha value is -2.24. The summed E-state index contributed by atoms with van der Waals surface area (Å²) in [6, 6.07) is 3.28. The van der Waals surface area contributed by atoms with Crippen LogP contribution in [0.5, 0.6) is 11.5 Å². The van der Waals surface area contributed by atoms with Crippen LogP contribution in [0.2, 0.25) is 0 Å². The van der Waals surface area contributed by atoms with Gasteiger partial charge in [-0.2, -0.15) is 0 Å². The zero-order valence-corrected chi connectivity index (χ0v) is 15.5. The van der Waals surface area contributed by atoms with Gasteiger partial charge in [0.05, 0.1) is 26.7 Å². The summed E-state index contributed by atoms with van der Waals surface area (Å²) in [5, 5.41) is 9.41. The minimum Gasteiger partial charge on any atom is -0.493 e. The fourth-order valence-corrected chi connectivity index (χ4v) is 4.29. The molecular formula is C20H27NO5. The second-order valence-corrected chi connectivity index (χ2v) is 7.21. The quantitative estimate of drug-likeness (QED) is 0.842. The van der Waals surface area contributed by atoms with Gasteiger partial charge in [0.25, 0.3) is 0 Å². The number of aliphatic carboxylic acids is 1. The third-order valence-electron chi connectivity index (χ3n) is 5.63. The van der Waals surface area contributed by atoms with Gasteiger partial charge in [-0.1, -0.05) is 12.8 Å². The molecule has 1 fully saturated rings. The standard InChI is InChI=1S/C20H27NO5/c1-25-17-10-14-7-8-21(19(22)9-13-5-3-4-6-13)16(12-20(23)24)15(14)11-18(17)26-2/h10-11,13,16H,3-9,12H2,1-2H3,(H,23,24)/t16-/m0/s1. The van der Waals surface area contributed by atoms with Gasteiger partial charge in [-0.25, -0.2) is 0 Å². The van der Waals surface area contributed by atoms with E-state index >= 15 is 0 Å². The van der Waals surface area contributed by atoms with Crippen molar-refractivity contribution in [1.29, 1.82) is 0 Å². The summed E-state index contributed by atoms with van der Waals surface area (Å²) in [5.74, 6) is 0.803. The van der Waals surface area contributed by atoms with Gasteiger partial charge in [-0.3, -0.25) is 9.59 Å². The van der Waals surface area contributed by atoms with Gasteiger partial charge in [0, 0.05) is 13.0 Å². The number of fused-ring (bicyclic) bond motifs is 1. The maximum absolute atomic E-state index is 12.9. The predicted octanol–water partition coefficient (Wildman–Crippen LogP) is 3.18. The molecular weight excluding hydrogens is 334 g/mol. The minimum atomic E-state index is -0.906. The summed E-state index contributed by atoms with van der Waals surface area (Å²) in [5.41, 5.74) is 1.88. The fraction of sp³-hybridized carbons (Fsp3) is 0.600. The Morgan fingerprint density at radius 2 is 1.77 bits per heavy atom. The van der Waals surface area contributed by atoms with Crippen molar-refractivity contribution in [3.63, 3.8) is 0 Å². The van der Waals surface area contributed by atoms with Crippen molar-refractivity contribution in [2.75, 3.05) is 20.8 Å². The van der Waals surface area contributed by atoms with Gasteiger partial charge in [-0.05, 0) is 48.4 Å². The zero-order valence-electron chi connectivity index (χ0n) is 15.5. The molecule has 0 spiro atoms. The normalized spacial score (nSPS) is 19.9. The van der Waals surface area contributed by atoms with Crippen LogP contribution in [0.15, 0.2) is 12.1 Å². The summed E-state index contributed by atoms with van der Waals surface area (Å²) in [6.07, 6.45) is 5.71. The van der Waals surface area contributed by atoms with E-state index in [1.54, 1.807) is 19.1 Å². The van der Waals surface area contributed by atoms with E-state index in [-0.39, 0.29) is 12.3 Å². The maximum Gasteiger partial charge on any atom is 0.305 e. The SMILES string of the molecule is COc1cc2c(cc1OC)[C@H](CC(=O)O)N(C(=O)CC1CCCC1)CC2. The average Bonchev–Trinajstić information content (AvgIpc) is 3.13. The van der Waals surface area contributed by atoms with E-state index in [1.807, 2.05) is 12.1 Å². The van der Waals surface area contributed by atoms with Crippen LogP contribution in [0.3, 0.4) is 0 Å². The van der Waals surface area contributed by atoms with E-state index in [0.29, 0.717) is 36.8 Å². The van der Waals surface area contributed by atoms with Crippen LogP contribution in [0.1, 0.15) is 55.7 Å². The molecule has 3 rings (SSSR count). The van der Waals surface area contributed by atoms with Crippen molar-refractivity contribution in [1.82, 2.24) is 4.90 Å².